The third kappa shape index (κ3) is 6.47. The van der Waals surface area contributed by atoms with E-state index in [1.165, 1.54) is 4.90 Å². The van der Waals surface area contributed by atoms with Gasteiger partial charge in [0, 0.05) is 28.0 Å². The molecule has 3 aromatic rings. The number of thioether (sulfide) groups is 1. The molecule has 0 radical (unpaired) electrons. The van der Waals surface area contributed by atoms with E-state index in [0.717, 1.165) is 21.4 Å². The molecular formula is C26H33BrN2O2SSi. The van der Waals surface area contributed by atoms with Crippen molar-refractivity contribution in [3.63, 3.8) is 0 Å². The highest BCUT2D eigenvalue weighted by Gasteiger charge is 2.36. The highest BCUT2D eigenvalue weighted by molar-refractivity contribution is 9.10. The van der Waals surface area contributed by atoms with E-state index in [1.807, 2.05) is 35.0 Å². The molecule has 1 aromatic heterocycles. The van der Waals surface area contributed by atoms with Crippen molar-refractivity contribution >= 4 is 41.8 Å². The molecule has 0 N–H and O–H groups in total. The predicted octanol–water partition coefficient (Wildman–Crippen LogP) is 8.01. The highest BCUT2D eigenvalue weighted by Crippen LogP contribution is 2.36. The first-order valence-corrected chi connectivity index (χ1v) is 16.1. The predicted molar refractivity (Wildman–Crippen MR) is 145 cm³/mol. The minimum atomic E-state index is -1.80. The second-order valence-electron chi connectivity index (χ2n) is 9.67. The second-order valence-corrected chi connectivity index (χ2v) is 16.3. The Morgan fingerprint density at radius 2 is 1.73 bits per heavy atom. The standard InChI is InChI=1S/C26H33BrN2O2SSi/c1-26(2,3)33(5,6)31-17-7-8-25(30)23-18-24(19-9-15-22(32-4)16-10-19)29(28-23)21-13-11-20(27)12-14-21/h9-16,18H,7-8,17H2,1-6H3. The molecule has 0 amide bonds. The number of carbonyl (C=O) groups excluding carboxylic acids is 1. The lowest BCUT2D eigenvalue weighted by Gasteiger charge is -2.36. The fourth-order valence-corrected chi connectivity index (χ4v) is 4.93. The van der Waals surface area contributed by atoms with Crippen molar-refractivity contribution < 1.29 is 9.22 Å². The zero-order valence-electron chi connectivity index (χ0n) is 20.3. The molecule has 33 heavy (non-hydrogen) atoms. The second kappa shape index (κ2) is 10.7. The maximum absolute atomic E-state index is 13.0. The van der Waals surface area contributed by atoms with Gasteiger partial charge in [-0.15, -0.1) is 11.8 Å². The molecule has 1 heterocycles. The van der Waals surface area contributed by atoms with Crippen LogP contribution in [0, 0.1) is 0 Å². The Morgan fingerprint density at radius 3 is 2.30 bits per heavy atom. The molecule has 2 aromatic carbocycles. The van der Waals surface area contributed by atoms with Crippen LogP contribution in [-0.4, -0.2) is 36.7 Å². The van der Waals surface area contributed by atoms with E-state index >= 15 is 0 Å². The van der Waals surface area contributed by atoms with Crippen LogP contribution in [0.2, 0.25) is 18.1 Å². The van der Waals surface area contributed by atoms with Gasteiger partial charge in [-0.1, -0.05) is 48.8 Å². The third-order valence-corrected chi connectivity index (χ3v) is 12.1. The number of Topliss-reactive ketones (excluding diaryl/α,β-unsaturated/α-hetero) is 1. The summed E-state index contributed by atoms with van der Waals surface area (Å²) in [4.78, 5) is 14.2. The summed E-state index contributed by atoms with van der Waals surface area (Å²) in [5.74, 6) is 0.0478. The number of carbonyl (C=O) groups is 1. The van der Waals surface area contributed by atoms with Gasteiger partial charge in [-0.05, 0) is 73.3 Å². The van der Waals surface area contributed by atoms with Gasteiger partial charge in [0.15, 0.2) is 14.1 Å². The van der Waals surface area contributed by atoms with Crippen LogP contribution in [0.1, 0.15) is 44.1 Å². The molecule has 4 nitrogen and oxygen atoms in total. The summed E-state index contributed by atoms with van der Waals surface area (Å²) >= 11 is 5.20. The van der Waals surface area contributed by atoms with Crippen molar-refractivity contribution in [1.29, 1.82) is 0 Å². The summed E-state index contributed by atoms with van der Waals surface area (Å²) in [7, 11) is -1.80. The van der Waals surface area contributed by atoms with Crippen molar-refractivity contribution in [2.24, 2.45) is 0 Å². The van der Waals surface area contributed by atoms with E-state index in [1.54, 1.807) is 11.8 Å². The fraction of sp³-hybridized carbons (Fsp3) is 0.385. The number of benzene rings is 2. The van der Waals surface area contributed by atoms with Crippen molar-refractivity contribution in [1.82, 2.24) is 9.78 Å². The number of rotatable bonds is 9. The van der Waals surface area contributed by atoms with E-state index in [0.29, 0.717) is 25.1 Å². The Kier molecular flexibility index (Phi) is 8.43. The molecule has 0 unspecified atom stereocenters. The summed E-state index contributed by atoms with van der Waals surface area (Å²) in [5.41, 5.74) is 3.35. The van der Waals surface area contributed by atoms with E-state index < -0.39 is 8.32 Å². The van der Waals surface area contributed by atoms with Gasteiger partial charge in [0.2, 0.25) is 0 Å². The molecule has 0 fully saturated rings. The van der Waals surface area contributed by atoms with Crippen molar-refractivity contribution in [2.75, 3.05) is 12.9 Å². The molecular weight excluding hydrogens is 512 g/mol. The van der Waals surface area contributed by atoms with Crippen LogP contribution in [-0.2, 0) is 4.43 Å². The van der Waals surface area contributed by atoms with E-state index in [9.17, 15) is 4.79 Å². The summed E-state index contributed by atoms with van der Waals surface area (Å²) in [6, 6.07) is 18.2. The summed E-state index contributed by atoms with van der Waals surface area (Å²) in [6.45, 7) is 11.8. The Morgan fingerprint density at radius 1 is 1.09 bits per heavy atom. The first-order chi connectivity index (χ1) is 15.5. The highest BCUT2D eigenvalue weighted by atomic mass is 79.9. The molecule has 0 saturated carbocycles. The van der Waals surface area contributed by atoms with Crippen LogP contribution in [0.25, 0.3) is 16.9 Å². The van der Waals surface area contributed by atoms with Crippen LogP contribution in [0.15, 0.2) is 64.0 Å². The van der Waals surface area contributed by atoms with Crippen molar-refractivity contribution in [3.05, 3.63) is 64.8 Å². The maximum atomic E-state index is 13.0. The minimum Gasteiger partial charge on any atom is -0.417 e. The number of hydrogen-bond donors (Lipinski definition) is 0. The Hall–Kier alpha value is -1.67. The lowest BCUT2D eigenvalue weighted by Crippen LogP contribution is -2.41. The van der Waals surface area contributed by atoms with Crippen LogP contribution >= 0.6 is 27.7 Å². The van der Waals surface area contributed by atoms with Crippen LogP contribution in [0.4, 0.5) is 0 Å². The number of hydrogen-bond acceptors (Lipinski definition) is 4. The quantitative estimate of drug-likeness (QED) is 0.118. The van der Waals surface area contributed by atoms with Gasteiger partial charge in [0.05, 0.1) is 11.4 Å². The van der Waals surface area contributed by atoms with Crippen LogP contribution in [0.3, 0.4) is 0 Å². The lowest BCUT2D eigenvalue weighted by atomic mass is 10.1. The minimum absolute atomic E-state index is 0.0478. The zero-order chi connectivity index (χ0) is 24.2. The molecule has 0 saturated heterocycles. The monoisotopic (exact) mass is 544 g/mol. The van der Waals surface area contributed by atoms with Gasteiger partial charge >= 0.3 is 0 Å². The zero-order valence-corrected chi connectivity index (χ0v) is 23.7. The third-order valence-electron chi connectivity index (χ3n) is 6.27. The van der Waals surface area contributed by atoms with Gasteiger partial charge in [-0.25, -0.2) is 4.68 Å². The molecule has 0 aliphatic rings. The van der Waals surface area contributed by atoms with Crippen molar-refractivity contribution in [3.8, 4) is 16.9 Å². The van der Waals surface area contributed by atoms with Gasteiger partial charge in [0.1, 0.15) is 5.69 Å². The summed E-state index contributed by atoms with van der Waals surface area (Å²) < 4.78 is 9.10. The van der Waals surface area contributed by atoms with Crippen LogP contribution < -0.4 is 0 Å². The SMILES string of the molecule is CSc1ccc(-c2cc(C(=O)CCCO[Si](C)(C)C(C)(C)C)nn2-c2ccc(Br)cc2)cc1. The summed E-state index contributed by atoms with van der Waals surface area (Å²) in [6.07, 6.45) is 3.19. The van der Waals surface area contributed by atoms with E-state index in [-0.39, 0.29) is 10.8 Å². The van der Waals surface area contributed by atoms with Gasteiger partial charge in [-0.3, -0.25) is 4.79 Å². The smallest absolute Gasteiger partial charge is 0.191 e. The maximum Gasteiger partial charge on any atom is 0.191 e. The average molecular weight is 546 g/mol. The molecule has 7 heteroatoms. The molecule has 0 spiro atoms. The lowest BCUT2D eigenvalue weighted by molar-refractivity contribution is 0.0967. The van der Waals surface area contributed by atoms with Gasteiger partial charge < -0.3 is 4.43 Å². The molecule has 0 bridgehead atoms. The number of nitrogens with zero attached hydrogens (tertiary/aromatic N) is 2. The first kappa shape index (κ1) is 25.9. The first-order valence-electron chi connectivity index (χ1n) is 11.2. The molecule has 176 valence electrons. The fourth-order valence-electron chi connectivity index (χ4n) is 3.17. The summed E-state index contributed by atoms with van der Waals surface area (Å²) in [5, 5.41) is 4.88. The number of aromatic nitrogens is 2. The topological polar surface area (TPSA) is 44.1 Å². The number of halogens is 1. The Labute approximate surface area is 211 Å². The Bertz CT molecular complexity index is 1090. The molecule has 0 aliphatic heterocycles. The van der Waals surface area contributed by atoms with Gasteiger partial charge in [0.25, 0.3) is 0 Å². The largest absolute Gasteiger partial charge is 0.417 e. The molecule has 3 rings (SSSR count). The van der Waals surface area contributed by atoms with E-state index in [2.05, 4.69) is 80.3 Å². The Balaban J connectivity index is 1.80. The van der Waals surface area contributed by atoms with Gasteiger partial charge in [-0.2, -0.15) is 5.10 Å². The molecule has 0 atom stereocenters. The van der Waals surface area contributed by atoms with Crippen molar-refractivity contribution in [2.45, 2.75) is 56.6 Å². The van der Waals surface area contributed by atoms with E-state index in [4.69, 9.17) is 9.52 Å². The normalized spacial score (nSPS) is 12.2. The number of ketones is 1. The average Bonchev–Trinajstić information content (AvgIpc) is 3.22. The van der Waals surface area contributed by atoms with Crippen LogP contribution in [0.5, 0.6) is 0 Å². The molecule has 0 aliphatic carbocycles.